The van der Waals surface area contributed by atoms with E-state index in [4.69, 9.17) is 9.47 Å². The quantitative estimate of drug-likeness (QED) is 0.0501. The molecule has 0 bridgehead atoms. The number of hydrogen-bond acceptors (Lipinski definition) is 11. The first-order chi connectivity index (χ1) is 30.7. The number of nitro groups is 1. The number of aliphatic hydroxyl groups excluding tert-OH is 2. The van der Waals surface area contributed by atoms with E-state index >= 15 is 4.79 Å². The summed E-state index contributed by atoms with van der Waals surface area (Å²) >= 11 is 0. The summed E-state index contributed by atoms with van der Waals surface area (Å²) in [6.07, 6.45) is 1.16. The molecule has 1 fully saturated rings. The van der Waals surface area contributed by atoms with Crippen LogP contribution in [0.2, 0.25) is 18.6 Å². The zero-order chi connectivity index (χ0) is 45.5. The van der Waals surface area contributed by atoms with Crippen LogP contribution in [0, 0.1) is 16.0 Å². The Morgan fingerprint density at radius 2 is 1.73 bits per heavy atom. The highest BCUT2D eigenvalue weighted by molar-refractivity contribution is 6.71. The average molecular weight is 892 g/mol. The Morgan fingerprint density at radius 1 is 0.969 bits per heavy atom. The van der Waals surface area contributed by atoms with Crippen molar-refractivity contribution in [1.29, 1.82) is 0 Å². The standard InChI is InChI=1S/C48H57N5O10Si/c1-5-62-38-16-18-41-34(23-38)24-40(49-19-8-9-20-54)46(57)52(41)35-14-10-11-31(21-35)27-51-42-17-15-36(53(59)60)25-39(42)48(47(51)58)30(2)45(64(3,4)61)43(63-48)26-44(56)50-28-33-13-7-6-12-32(33)22-37(50)29-55/h6-7,10-18,21,23,25,30,37,40,43,45,49,54-55,61H,5,8-9,19-20,22,24,26-29H2,1-4H3/t30-,37+,40?,43+,45-,48+/m1/s1. The minimum atomic E-state index is -3.23. The number of ether oxygens (including phenoxy) is 2. The van der Waals surface area contributed by atoms with Crippen LogP contribution in [-0.4, -0.2) is 95.4 Å². The van der Waals surface area contributed by atoms with Crippen molar-refractivity contribution in [3.05, 3.63) is 123 Å². The number of hydrogen-bond donors (Lipinski definition) is 4. The van der Waals surface area contributed by atoms with Crippen molar-refractivity contribution in [1.82, 2.24) is 10.2 Å². The van der Waals surface area contributed by atoms with Crippen molar-refractivity contribution in [2.75, 3.05) is 36.2 Å². The number of nitrogens with one attached hydrogen (secondary N) is 1. The third kappa shape index (κ3) is 8.22. The molecule has 1 unspecified atom stereocenters. The van der Waals surface area contributed by atoms with E-state index in [0.717, 1.165) is 16.7 Å². The summed E-state index contributed by atoms with van der Waals surface area (Å²) in [5, 5.41) is 35.4. The lowest BCUT2D eigenvalue weighted by Crippen LogP contribution is -2.49. The largest absolute Gasteiger partial charge is 0.494 e. The average Bonchev–Trinajstić information content (AvgIpc) is 3.70. The second kappa shape index (κ2) is 18.2. The summed E-state index contributed by atoms with van der Waals surface area (Å²) in [5.74, 6) is -0.895. The third-order valence-corrected chi connectivity index (χ3v) is 16.0. The monoisotopic (exact) mass is 891 g/mol. The second-order valence-electron chi connectivity index (χ2n) is 18.0. The fourth-order valence-corrected chi connectivity index (χ4v) is 13.1. The van der Waals surface area contributed by atoms with Crippen LogP contribution in [0.4, 0.5) is 22.7 Å². The minimum Gasteiger partial charge on any atom is -0.494 e. The van der Waals surface area contributed by atoms with Crippen LogP contribution in [0.5, 0.6) is 5.75 Å². The number of nitrogens with zero attached hydrogens (tertiary/aromatic N) is 4. The summed E-state index contributed by atoms with van der Waals surface area (Å²) in [5.41, 5.74) is 3.03. The van der Waals surface area contributed by atoms with Gasteiger partial charge in [-0.05, 0) is 111 Å². The molecule has 0 aromatic heterocycles. The smallest absolute Gasteiger partial charge is 0.269 e. The van der Waals surface area contributed by atoms with Crippen molar-refractivity contribution in [3.63, 3.8) is 0 Å². The molecule has 4 aliphatic rings. The zero-order valence-corrected chi connectivity index (χ0v) is 37.7. The van der Waals surface area contributed by atoms with Crippen LogP contribution in [0.1, 0.15) is 60.9 Å². The minimum absolute atomic E-state index is 0.0237. The molecule has 0 aliphatic carbocycles. The zero-order valence-electron chi connectivity index (χ0n) is 36.7. The number of benzene rings is 4. The molecule has 0 saturated carbocycles. The molecule has 6 atom stereocenters. The van der Waals surface area contributed by atoms with Crippen LogP contribution in [0.25, 0.3) is 0 Å². The number of aliphatic hydroxyl groups is 2. The van der Waals surface area contributed by atoms with Crippen LogP contribution in [0.3, 0.4) is 0 Å². The number of non-ortho nitro benzene ring substituents is 1. The topological polar surface area (TPSA) is 195 Å². The molecule has 4 aromatic rings. The summed E-state index contributed by atoms with van der Waals surface area (Å²) in [6.45, 7) is 8.42. The van der Waals surface area contributed by atoms with E-state index in [1.807, 2.05) is 80.6 Å². The fourth-order valence-electron chi connectivity index (χ4n) is 10.6. The van der Waals surface area contributed by atoms with Gasteiger partial charge in [-0.25, -0.2) is 0 Å². The van der Waals surface area contributed by atoms with E-state index in [1.54, 1.807) is 33.9 Å². The van der Waals surface area contributed by atoms with Crippen molar-refractivity contribution in [3.8, 4) is 5.75 Å². The van der Waals surface area contributed by atoms with Gasteiger partial charge in [-0.2, -0.15) is 0 Å². The van der Waals surface area contributed by atoms with Gasteiger partial charge in [-0.1, -0.05) is 43.3 Å². The van der Waals surface area contributed by atoms with Gasteiger partial charge in [-0.3, -0.25) is 29.4 Å². The van der Waals surface area contributed by atoms with E-state index < -0.39 is 54.4 Å². The Labute approximate surface area is 373 Å². The maximum atomic E-state index is 15.3. The Morgan fingerprint density at radius 3 is 2.45 bits per heavy atom. The number of carbonyl (C=O) groups is 3. The first-order valence-corrected chi connectivity index (χ1v) is 25.2. The molecule has 338 valence electrons. The summed E-state index contributed by atoms with van der Waals surface area (Å²) < 4.78 is 12.7. The van der Waals surface area contributed by atoms with Gasteiger partial charge < -0.3 is 39.6 Å². The van der Waals surface area contributed by atoms with Crippen molar-refractivity contribution >= 4 is 48.8 Å². The van der Waals surface area contributed by atoms with E-state index in [0.29, 0.717) is 79.3 Å². The first-order valence-electron chi connectivity index (χ1n) is 22.2. The predicted molar refractivity (Wildman–Crippen MR) is 243 cm³/mol. The second-order valence-corrected chi connectivity index (χ2v) is 21.9. The van der Waals surface area contributed by atoms with Gasteiger partial charge in [0, 0.05) is 48.0 Å². The molecule has 15 nitrogen and oxygen atoms in total. The summed E-state index contributed by atoms with van der Waals surface area (Å²) in [7, 11) is -3.23. The lowest BCUT2D eigenvalue weighted by atomic mass is 9.82. The molecule has 4 N–H and O–H groups in total. The van der Waals surface area contributed by atoms with Gasteiger partial charge >= 0.3 is 0 Å². The highest BCUT2D eigenvalue weighted by Gasteiger charge is 2.67. The van der Waals surface area contributed by atoms with Gasteiger partial charge in [0.1, 0.15) is 5.75 Å². The lowest BCUT2D eigenvalue weighted by Gasteiger charge is -2.37. The molecule has 1 spiro atoms. The van der Waals surface area contributed by atoms with E-state index in [-0.39, 0.29) is 43.7 Å². The normalized spacial score (nSPS) is 23.9. The van der Waals surface area contributed by atoms with Crippen molar-refractivity contribution in [2.45, 2.75) is 101 Å². The predicted octanol–water partition coefficient (Wildman–Crippen LogP) is 5.63. The number of anilines is 3. The Kier molecular flexibility index (Phi) is 12.8. The van der Waals surface area contributed by atoms with Crippen molar-refractivity contribution in [2.24, 2.45) is 5.92 Å². The summed E-state index contributed by atoms with van der Waals surface area (Å²) in [6, 6.07) is 24.1. The molecule has 3 amide bonds. The van der Waals surface area contributed by atoms with E-state index in [1.165, 1.54) is 12.1 Å². The van der Waals surface area contributed by atoms with Gasteiger partial charge in [0.15, 0.2) is 13.9 Å². The van der Waals surface area contributed by atoms with Gasteiger partial charge in [0.2, 0.25) is 11.8 Å². The van der Waals surface area contributed by atoms with Crippen LogP contribution in [-0.2, 0) is 50.7 Å². The number of nitro benzene ring substituents is 1. The first kappa shape index (κ1) is 45.1. The van der Waals surface area contributed by atoms with Crippen LogP contribution < -0.4 is 19.9 Å². The molecule has 16 heteroatoms. The fraction of sp³-hybridized carbons (Fsp3) is 0.438. The Hall–Kier alpha value is -5.49. The molecule has 0 radical (unpaired) electrons. The molecule has 4 heterocycles. The molecule has 64 heavy (non-hydrogen) atoms. The van der Waals surface area contributed by atoms with Gasteiger partial charge in [0.05, 0.1) is 60.7 Å². The highest BCUT2D eigenvalue weighted by atomic mass is 28.4. The number of carbonyl (C=O) groups excluding carboxylic acids is 3. The number of amides is 3. The number of unbranched alkanes of at least 4 members (excludes halogenated alkanes) is 1. The van der Waals surface area contributed by atoms with Gasteiger partial charge in [0.25, 0.3) is 11.6 Å². The SMILES string of the molecule is CCOc1ccc2c(c1)CC(NCCCCO)C(=O)N2c1cccc(CN2C(=O)[C@@]3(O[C@@H](CC(=O)N4Cc5ccccc5C[C@H]4CO)[C@H]([Si](C)(C)O)[C@H]3C)c3cc([N+](=O)[O-])ccc32)c1. The molecular weight excluding hydrogens is 835 g/mol. The lowest BCUT2D eigenvalue weighted by molar-refractivity contribution is -0.385. The van der Waals surface area contributed by atoms with Crippen LogP contribution >= 0.6 is 0 Å². The highest BCUT2D eigenvalue weighted by Crippen LogP contribution is 2.60. The Bertz CT molecular complexity index is 2440. The maximum absolute atomic E-state index is 15.3. The molecule has 4 aliphatic heterocycles. The van der Waals surface area contributed by atoms with Crippen molar-refractivity contribution < 1.29 is 43.8 Å². The number of rotatable bonds is 15. The van der Waals surface area contributed by atoms with E-state index in [9.17, 15) is 34.7 Å². The maximum Gasteiger partial charge on any atom is 0.269 e. The van der Waals surface area contributed by atoms with Gasteiger partial charge in [-0.15, -0.1) is 0 Å². The summed E-state index contributed by atoms with van der Waals surface area (Å²) in [4.78, 5) is 72.5. The Balaban J connectivity index is 1.13. The van der Waals surface area contributed by atoms with Crippen LogP contribution in [0.15, 0.2) is 84.9 Å². The number of fused-ring (bicyclic) bond motifs is 4. The molecule has 1 saturated heterocycles. The molecule has 8 rings (SSSR count). The molecular formula is C48H57N5O10Si. The third-order valence-electron chi connectivity index (χ3n) is 13.5. The molecule has 4 aromatic carbocycles. The van der Waals surface area contributed by atoms with E-state index in [2.05, 4.69) is 5.32 Å².